The van der Waals surface area contributed by atoms with Gasteiger partial charge in [0, 0.05) is 11.8 Å². The highest BCUT2D eigenvalue weighted by molar-refractivity contribution is 7.80. The van der Waals surface area contributed by atoms with Crippen LogP contribution in [-0.2, 0) is 9.53 Å². The average molecular weight is 397 g/mol. The lowest BCUT2D eigenvalue weighted by molar-refractivity contribution is -0.118. The summed E-state index contributed by atoms with van der Waals surface area (Å²) < 4.78 is 7.23. The summed E-state index contributed by atoms with van der Waals surface area (Å²) in [6.07, 6.45) is -0.437. The lowest BCUT2D eigenvalue weighted by atomic mass is 9.95. The van der Waals surface area contributed by atoms with Crippen LogP contribution in [0.3, 0.4) is 0 Å². The minimum atomic E-state index is -0.929. The number of hydrogen-bond donors (Lipinski definition) is 5. The second kappa shape index (κ2) is 7.97. The van der Waals surface area contributed by atoms with E-state index in [1.807, 2.05) is 0 Å². The maximum absolute atomic E-state index is 12.3. The van der Waals surface area contributed by atoms with Gasteiger partial charge in [-0.3, -0.25) is 24.5 Å². The van der Waals surface area contributed by atoms with E-state index >= 15 is 0 Å². The van der Waals surface area contributed by atoms with Crippen LogP contribution in [0.15, 0.2) is 11.1 Å². The Morgan fingerprint density at radius 1 is 1.52 bits per heavy atom. The number of imidazole rings is 1. The maximum atomic E-state index is 12.3. The molecular weight excluding hydrogens is 374 g/mol. The average Bonchev–Trinajstić information content (AvgIpc) is 3.17. The van der Waals surface area contributed by atoms with Gasteiger partial charge in [0.15, 0.2) is 17.4 Å². The smallest absolute Gasteiger partial charge is 0.280 e. The predicted octanol–water partition coefficient (Wildman–Crippen LogP) is -0.0992. The van der Waals surface area contributed by atoms with E-state index < -0.39 is 24.0 Å². The Kier molecular flexibility index (Phi) is 5.84. The van der Waals surface area contributed by atoms with Crippen LogP contribution < -0.4 is 10.9 Å². The first-order valence-corrected chi connectivity index (χ1v) is 9.33. The second-order valence-electron chi connectivity index (χ2n) is 6.80. The number of amides is 1. The number of nitrogens with zero attached hydrogens (tertiary/aromatic N) is 3. The Morgan fingerprint density at radius 2 is 2.26 bits per heavy atom. The number of aromatic nitrogens is 4. The molecule has 4 atom stereocenters. The van der Waals surface area contributed by atoms with Gasteiger partial charge in [-0.2, -0.15) is 17.6 Å². The molecular formula is C16H23N5O5S. The van der Waals surface area contributed by atoms with Gasteiger partial charge in [0.05, 0.1) is 19.0 Å². The molecule has 1 aliphatic heterocycles. The van der Waals surface area contributed by atoms with E-state index in [0.29, 0.717) is 12.2 Å². The molecule has 2 aromatic heterocycles. The summed E-state index contributed by atoms with van der Waals surface area (Å²) in [6.45, 7) is 3.19. The fourth-order valence-corrected chi connectivity index (χ4v) is 3.44. The van der Waals surface area contributed by atoms with Crippen molar-refractivity contribution in [1.29, 1.82) is 0 Å². The number of ether oxygens (including phenoxy) is 1. The fourth-order valence-electron chi connectivity index (χ4n) is 3.14. The molecule has 1 fully saturated rings. The fraction of sp³-hybridized carbons (Fsp3) is 0.625. The van der Waals surface area contributed by atoms with Gasteiger partial charge in [0.25, 0.3) is 5.56 Å². The lowest BCUT2D eigenvalue weighted by Crippen LogP contribution is -2.28. The van der Waals surface area contributed by atoms with E-state index in [1.54, 1.807) is 13.8 Å². The quantitative estimate of drug-likeness (QED) is 0.428. The summed E-state index contributed by atoms with van der Waals surface area (Å²) in [5, 5.41) is 22.8. The minimum Gasteiger partial charge on any atom is -0.394 e. The number of carbonyl (C=O) groups excluding carboxylic acids is 1. The first kappa shape index (κ1) is 19.8. The molecule has 0 radical (unpaired) electrons. The normalized spacial score (nSPS) is 25.4. The third kappa shape index (κ3) is 3.72. The summed E-state index contributed by atoms with van der Waals surface area (Å²) in [4.78, 5) is 35.0. The number of fused-ring (bicyclic) bond motifs is 1. The minimum absolute atomic E-state index is 0.00828. The van der Waals surface area contributed by atoms with Gasteiger partial charge in [-0.25, -0.2) is 4.98 Å². The molecule has 27 heavy (non-hydrogen) atoms. The number of aliphatic hydroxyl groups is 2. The first-order chi connectivity index (χ1) is 12.9. The summed E-state index contributed by atoms with van der Waals surface area (Å²) in [6, 6.07) is 0. The maximum Gasteiger partial charge on any atom is 0.280 e. The molecule has 1 amide bonds. The standard InChI is InChI=1S/C16H23N5O5S/c1-7(2)13(24)19-16-18-12-10(14(25)20-16)17-6-21(12)15-11(23)8(3-4-27)9(5-22)26-15/h6-9,11,15,22-23,27H,3-5H2,1-2H3,(H2,18,19,20,24,25)/t8-,9-,11-,15-/m1/s1. The van der Waals surface area contributed by atoms with Crippen molar-refractivity contribution < 1.29 is 19.7 Å². The molecule has 0 unspecified atom stereocenters. The van der Waals surface area contributed by atoms with E-state index in [9.17, 15) is 19.8 Å². The van der Waals surface area contributed by atoms with Gasteiger partial charge in [0.1, 0.15) is 6.10 Å². The van der Waals surface area contributed by atoms with Crippen molar-refractivity contribution in [3.8, 4) is 0 Å². The molecule has 0 saturated carbocycles. The van der Waals surface area contributed by atoms with Gasteiger partial charge >= 0.3 is 0 Å². The number of hydrogen-bond acceptors (Lipinski definition) is 8. The van der Waals surface area contributed by atoms with Crippen molar-refractivity contribution in [1.82, 2.24) is 19.5 Å². The van der Waals surface area contributed by atoms with Crippen LogP contribution in [0.2, 0.25) is 0 Å². The molecule has 3 heterocycles. The Balaban J connectivity index is 1.99. The Hall–Kier alpha value is -1.95. The molecule has 0 aliphatic carbocycles. The molecule has 1 saturated heterocycles. The van der Waals surface area contributed by atoms with E-state index in [2.05, 4.69) is 32.9 Å². The number of H-pyrrole nitrogens is 1. The monoisotopic (exact) mass is 397 g/mol. The Bertz CT molecular complexity index is 882. The highest BCUT2D eigenvalue weighted by Gasteiger charge is 2.44. The third-order valence-electron chi connectivity index (χ3n) is 4.64. The van der Waals surface area contributed by atoms with E-state index in [-0.39, 0.29) is 41.5 Å². The van der Waals surface area contributed by atoms with Crippen LogP contribution in [0.4, 0.5) is 5.95 Å². The highest BCUT2D eigenvalue weighted by atomic mass is 32.1. The van der Waals surface area contributed by atoms with Crippen molar-refractivity contribution in [2.45, 2.75) is 38.7 Å². The molecule has 10 nitrogen and oxygen atoms in total. The third-order valence-corrected chi connectivity index (χ3v) is 4.90. The molecule has 1 aliphatic rings. The van der Waals surface area contributed by atoms with Crippen LogP contribution in [0.25, 0.3) is 11.2 Å². The van der Waals surface area contributed by atoms with Gasteiger partial charge < -0.3 is 14.9 Å². The molecule has 148 valence electrons. The zero-order valence-electron chi connectivity index (χ0n) is 15.0. The SMILES string of the molecule is CC(C)C(=O)Nc1nc2c(ncn2[C@@H]2O[C@H](CO)[C@@H](CCS)[C@H]2O)c(=O)[nH]1. The lowest BCUT2D eigenvalue weighted by Gasteiger charge is -2.18. The summed E-state index contributed by atoms with van der Waals surface area (Å²) in [7, 11) is 0. The van der Waals surface area contributed by atoms with Crippen molar-refractivity contribution in [3.05, 3.63) is 16.7 Å². The number of aliphatic hydroxyl groups excluding tert-OH is 2. The van der Waals surface area contributed by atoms with Crippen molar-refractivity contribution in [3.63, 3.8) is 0 Å². The van der Waals surface area contributed by atoms with Gasteiger partial charge in [0.2, 0.25) is 11.9 Å². The van der Waals surface area contributed by atoms with E-state index in [1.165, 1.54) is 10.9 Å². The number of anilines is 1. The predicted molar refractivity (Wildman–Crippen MR) is 101 cm³/mol. The van der Waals surface area contributed by atoms with Crippen LogP contribution in [0, 0.1) is 11.8 Å². The van der Waals surface area contributed by atoms with Gasteiger partial charge in [-0.1, -0.05) is 13.8 Å². The highest BCUT2D eigenvalue weighted by Crippen LogP contribution is 2.37. The van der Waals surface area contributed by atoms with Crippen molar-refractivity contribution in [2.75, 3.05) is 17.7 Å². The second-order valence-corrected chi connectivity index (χ2v) is 7.24. The molecule has 0 bridgehead atoms. The van der Waals surface area contributed by atoms with Crippen molar-refractivity contribution in [2.24, 2.45) is 11.8 Å². The largest absolute Gasteiger partial charge is 0.394 e. The molecule has 4 N–H and O–H groups in total. The molecule has 2 aromatic rings. The number of carbonyl (C=O) groups is 1. The van der Waals surface area contributed by atoms with E-state index in [0.717, 1.165) is 0 Å². The summed E-state index contributed by atoms with van der Waals surface area (Å²) in [5.74, 6) is -0.372. The van der Waals surface area contributed by atoms with Gasteiger partial charge in [-0.05, 0) is 12.2 Å². The summed E-state index contributed by atoms with van der Waals surface area (Å²) in [5.41, 5.74) is -0.285. The zero-order valence-corrected chi connectivity index (χ0v) is 15.9. The molecule has 11 heteroatoms. The van der Waals surface area contributed by atoms with Gasteiger partial charge in [-0.15, -0.1) is 0 Å². The number of aromatic amines is 1. The number of rotatable bonds is 6. The number of thiol groups is 1. The van der Waals surface area contributed by atoms with E-state index in [4.69, 9.17) is 4.74 Å². The molecule has 0 spiro atoms. The van der Waals surface area contributed by atoms with Crippen LogP contribution in [-0.4, -0.2) is 60.2 Å². The van der Waals surface area contributed by atoms with Crippen LogP contribution in [0.1, 0.15) is 26.5 Å². The van der Waals surface area contributed by atoms with Crippen molar-refractivity contribution >= 4 is 35.6 Å². The molecule has 0 aromatic carbocycles. The summed E-state index contributed by atoms with van der Waals surface area (Å²) >= 11 is 4.19. The zero-order chi connectivity index (χ0) is 19.7. The topological polar surface area (TPSA) is 142 Å². The first-order valence-electron chi connectivity index (χ1n) is 8.70. The number of nitrogens with one attached hydrogen (secondary N) is 2. The Labute approximate surface area is 160 Å². The van der Waals surface area contributed by atoms with Crippen LogP contribution >= 0.6 is 12.6 Å². The van der Waals surface area contributed by atoms with Crippen LogP contribution in [0.5, 0.6) is 0 Å². The Morgan fingerprint density at radius 3 is 2.89 bits per heavy atom. The molecule has 3 rings (SSSR count).